The van der Waals surface area contributed by atoms with Crippen molar-refractivity contribution in [3.63, 3.8) is 0 Å². The van der Waals surface area contributed by atoms with Gasteiger partial charge in [0.15, 0.2) is 0 Å². The van der Waals surface area contributed by atoms with Crippen LogP contribution in [0.1, 0.15) is 26.2 Å². The van der Waals surface area contributed by atoms with Gasteiger partial charge >= 0.3 is 0 Å². The first kappa shape index (κ1) is 10.9. The van der Waals surface area contributed by atoms with E-state index in [0.717, 1.165) is 32.1 Å². The third-order valence-electron chi connectivity index (χ3n) is 3.69. The van der Waals surface area contributed by atoms with E-state index in [1.165, 1.54) is 25.8 Å². The Morgan fingerprint density at radius 2 is 1.93 bits per heavy atom. The summed E-state index contributed by atoms with van der Waals surface area (Å²) in [7, 11) is 0. The van der Waals surface area contributed by atoms with Gasteiger partial charge in [-0.3, -0.25) is 4.90 Å². The lowest BCUT2D eigenvalue weighted by molar-refractivity contribution is 0.117. The van der Waals surface area contributed by atoms with Crippen molar-refractivity contribution in [3.8, 4) is 6.07 Å². The summed E-state index contributed by atoms with van der Waals surface area (Å²) < 4.78 is 0. The molecule has 1 saturated carbocycles. The fraction of sp³-hybridized carbons (Fsp3) is 0.917. The number of nitrogens with zero attached hydrogens (tertiary/aromatic N) is 3. The Labute approximate surface area is 92.7 Å². The molecule has 0 radical (unpaired) electrons. The lowest BCUT2D eigenvalue weighted by atomic mass is 10.2. The van der Waals surface area contributed by atoms with Gasteiger partial charge in [0.2, 0.25) is 0 Å². The van der Waals surface area contributed by atoms with Gasteiger partial charge in [-0.05, 0) is 25.8 Å². The Balaban J connectivity index is 1.65. The molecule has 0 spiro atoms. The summed E-state index contributed by atoms with van der Waals surface area (Å²) in [5, 5.41) is 8.83. The highest BCUT2D eigenvalue weighted by Gasteiger charge is 2.24. The van der Waals surface area contributed by atoms with E-state index in [4.69, 9.17) is 5.26 Å². The molecule has 2 aliphatic rings. The van der Waals surface area contributed by atoms with Gasteiger partial charge < -0.3 is 4.90 Å². The minimum Gasteiger partial charge on any atom is -0.301 e. The second-order valence-electron chi connectivity index (χ2n) is 4.91. The van der Waals surface area contributed by atoms with Crippen molar-refractivity contribution in [1.82, 2.24) is 9.80 Å². The van der Waals surface area contributed by atoms with Gasteiger partial charge in [0.05, 0.1) is 12.1 Å². The first-order chi connectivity index (χ1) is 7.29. The molecule has 2 rings (SSSR count). The van der Waals surface area contributed by atoms with Crippen molar-refractivity contribution in [3.05, 3.63) is 0 Å². The van der Waals surface area contributed by atoms with Crippen LogP contribution in [0.4, 0.5) is 0 Å². The zero-order valence-electron chi connectivity index (χ0n) is 9.65. The number of piperazine rings is 1. The molecule has 1 unspecified atom stereocenters. The highest BCUT2D eigenvalue weighted by Crippen LogP contribution is 2.32. The molecule has 0 aromatic carbocycles. The second-order valence-corrected chi connectivity index (χ2v) is 4.91. The average Bonchev–Trinajstić information content (AvgIpc) is 3.10. The molecule has 15 heavy (non-hydrogen) atoms. The fourth-order valence-corrected chi connectivity index (χ4v) is 2.23. The van der Waals surface area contributed by atoms with Crippen LogP contribution in [0.25, 0.3) is 0 Å². The van der Waals surface area contributed by atoms with Crippen molar-refractivity contribution < 1.29 is 0 Å². The molecule has 1 heterocycles. The number of rotatable bonds is 4. The van der Waals surface area contributed by atoms with Crippen LogP contribution in [0.15, 0.2) is 0 Å². The van der Waals surface area contributed by atoms with Gasteiger partial charge in [0.25, 0.3) is 0 Å². The Morgan fingerprint density at radius 3 is 2.47 bits per heavy atom. The van der Waals surface area contributed by atoms with Crippen LogP contribution in [-0.2, 0) is 0 Å². The molecule has 0 amide bonds. The number of hydrogen-bond donors (Lipinski definition) is 0. The van der Waals surface area contributed by atoms with Gasteiger partial charge in [-0.2, -0.15) is 5.26 Å². The molecule has 0 aromatic rings. The van der Waals surface area contributed by atoms with Gasteiger partial charge in [0, 0.05) is 26.2 Å². The van der Waals surface area contributed by atoms with Crippen LogP contribution in [0, 0.1) is 17.2 Å². The van der Waals surface area contributed by atoms with Gasteiger partial charge in [-0.15, -0.1) is 0 Å². The minimum atomic E-state index is 0.0931. The van der Waals surface area contributed by atoms with Crippen LogP contribution < -0.4 is 0 Å². The quantitative estimate of drug-likeness (QED) is 0.696. The smallest absolute Gasteiger partial charge is 0.0950 e. The number of nitriles is 1. The summed E-state index contributed by atoms with van der Waals surface area (Å²) in [5.41, 5.74) is 0. The van der Waals surface area contributed by atoms with E-state index < -0.39 is 0 Å². The third-order valence-corrected chi connectivity index (χ3v) is 3.69. The van der Waals surface area contributed by atoms with Gasteiger partial charge in [-0.25, -0.2) is 0 Å². The van der Waals surface area contributed by atoms with E-state index in [2.05, 4.69) is 15.9 Å². The van der Waals surface area contributed by atoms with E-state index >= 15 is 0 Å². The van der Waals surface area contributed by atoms with E-state index in [1.807, 2.05) is 6.92 Å². The van der Waals surface area contributed by atoms with Crippen molar-refractivity contribution in [2.45, 2.75) is 32.2 Å². The molecule has 84 valence electrons. The van der Waals surface area contributed by atoms with E-state index in [-0.39, 0.29) is 6.04 Å². The second kappa shape index (κ2) is 4.96. The molecule has 0 bridgehead atoms. The van der Waals surface area contributed by atoms with Gasteiger partial charge in [-0.1, -0.05) is 12.8 Å². The van der Waals surface area contributed by atoms with Crippen LogP contribution in [0.2, 0.25) is 0 Å². The molecular formula is C12H21N3. The van der Waals surface area contributed by atoms with Crippen LogP contribution in [0.3, 0.4) is 0 Å². The van der Waals surface area contributed by atoms with Crippen molar-refractivity contribution in [2.75, 3.05) is 32.7 Å². The van der Waals surface area contributed by atoms with E-state index in [1.54, 1.807) is 0 Å². The summed E-state index contributed by atoms with van der Waals surface area (Å²) in [6.07, 6.45) is 4.32. The zero-order valence-corrected chi connectivity index (χ0v) is 9.65. The first-order valence-corrected chi connectivity index (χ1v) is 6.15. The molecule has 3 heteroatoms. The Bertz CT molecular complexity index is 234. The topological polar surface area (TPSA) is 30.3 Å². The standard InChI is InChI=1S/C12H21N3/c1-11(10-13)15-8-6-14(7-9-15)5-4-12-2-3-12/h11-12H,2-9H2,1H3. The minimum absolute atomic E-state index is 0.0931. The average molecular weight is 207 g/mol. The van der Waals surface area contributed by atoms with Crippen LogP contribution in [-0.4, -0.2) is 48.6 Å². The van der Waals surface area contributed by atoms with Crippen LogP contribution >= 0.6 is 0 Å². The van der Waals surface area contributed by atoms with E-state index in [0.29, 0.717) is 0 Å². The normalized spacial score (nSPS) is 26.1. The first-order valence-electron chi connectivity index (χ1n) is 6.15. The molecule has 1 saturated heterocycles. The summed E-state index contributed by atoms with van der Waals surface area (Å²) in [4.78, 5) is 4.84. The summed E-state index contributed by atoms with van der Waals surface area (Å²) in [6.45, 7) is 7.72. The largest absolute Gasteiger partial charge is 0.301 e. The molecular weight excluding hydrogens is 186 g/mol. The maximum atomic E-state index is 8.83. The van der Waals surface area contributed by atoms with Crippen LogP contribution in [0.5, 0.6) is 0 Å². The lowest BCUT2D eigenvalue weighted by Gasteiger charge is -2.35. The van der Waals surface area contributed by atoms with Crippen molar-refractivity contribution in [2.24, 2.45) is 5.92 Å². The molecule has 2 fully saturated rings. The van der Waals surface area contributed by atoms with Crippen molar-refractivity contribution >= 4 is 0 Å². The predicted octanol–water partition coefficient (Wildman–Crippen LogP) is 1.32. The fourth-order valence-electron chi connectivity index (χ4n) is 2.23. The van der Waals surface area contributed by atoms with E-state index in [9.17, 15) is 0 Å². The molecule has 1 atom stereocenters. The predicted molar refractivity (Wildman–Crippen MR) is 60.4 cm³/mol. The molecule has 0 aromatic heterocycles. The Morgan fingerprint density at radius 1 is 1.27 bits per heavy atom. The van der Waals surface area contributed by atoms with Gasteiger partial charge in [0.1, 0.15) is 0 Å². The molecule has 3 nitrogen and oxygen atoms in total. The molecule has 1 aliphatic heterocycles. The maximum Gasteiger partial charge on any atom is 0.0950 e. The van der Waals surface area contributed by atoms with Crippen molar-refractivity contribution in [1.29, 1.82) is 5.26 Å². The molecule has 0 N–H and O–H groups in total. The highest BCUT2D eigenvalue weighted by atomic mass is 15.3. The summed E-state index contributed by atoms with van der Waals surface area (Å²) in [6, 6.07) is 2.41. The SMILES string of the molecule is CC(C#N)N1CCN(CCC2CC2)CC1. The monoisotopic (exact) mass is 207 g/mol. The molecule has 1 aliphatic carbocycles. The Hall–Kier alpha value is -0.590. The zero-order chi connectivity index (χ0) is 10.7. The number of hydrogen-bond acceptors (Lipinski definition) is 3. The highest BCUT2D eigenvalue weighted by molar-refractivity contribution is 4.90. The summed E-state index contributed by atoms with van der Waals surface area (Å²) >= 11 is 0. The third kappa shape index (κ3) is 3.19. The summed E-state index contributed by atoms with van der Waals surface area (Å²) in [5.74, 6) is 1.04. The Kier molecular flexibility index (Phi) is 3.61. The maximum absolute atomic E-state index is 8.83. The lowest BCUT2D eigenvalue weighted by Crippen LogP contribution is -2.49.